The molecule has 0 bridgehead atoms. The first-order chi connectivity index (χ1) is 13.2. The third kappa shape index (κ3) is 5.60. The first-order valence-corrected chi connectivity index (χ1v) is 9.24. The molecule has 0 aliphatic carbocycles. The Labute approximate surface area is 169 Å². The maximum Gasteiger partial charge on any atom is 0.180 e. The zero-order valence-corrected chi connectivity index (χ0v) is 16.4. The molecule has 0 radical (unpaired) electrons. The minimum absolute atomic E-state index is 0.381. The van der Waals surface area contributed by atoms with Crippen LogP contribution in [0.25, 0.3) is 0 Å². The smallest absolute Gasteiger partial charge is 0.180 e. The highest BCUT2D eigenvalue weighted by Crippen LogP contribution is 2.37. The number of rotatable bonds is 8. The van der Waals surface area contributed by atoms with Crippen LogP contribution in [0, 0.1) is 0 Å². The van der Waals surface area contributed by atoms with Gasteiger partial charge in [-0.15, -0.1) is 0 Å². The molecule has 1 aromatic heterocycles. The minimum atomic E-state index is 0.381. The van der Waals surface area contributed by atoms with Crippen molar-refractivity contribution in [3.8, 4) is 11.5 Å². The lowest BCUT2D eigenvalue weighted by Crippen LogP contribution is -2.13. The van der Waals surface area contributed by atoms with Gasteiger partial charge < -0.3 is 14.8 Å². The van der Waals surface area contributed by atoms with Crippen molar-refractivity contribution in [1.82, 2.24) is 10.3 Å². The summed E-state index contributed by atoms with van der Waals surface area (Å²) < 4.78 is 11.4. The predicted molar refractivity (Wildman–Crippen MR) is 109 cm³/mol. The van der Waals surface area contributed by atoms with Gasteiger partial charge in [0.2, 0.25) is 0 Å². The summed E-state index contributed by atoms with van der Waals surface area (Å²) in [7, 11) is 1.60. The molecule has 0 aliphatic rings. The van der Waals surface area contributed by atoms with Crippen LogP contribution in [0.15, 0.2) is 60.9 Å². The van der Waals surface area contributed by atoms with E-state index < -0.39 is 0 Å². The molecule has 1 heterocycles. The molecule has 4 nitrogen and oxygen atoms in total. The molecule has 2 aromatic carbocycles. The van der Waals surface area contributed by atoms with Crippen LogP contribution in [0.5, 0.6) is 11.5 Å². The van der Waals surface area contributed by atoms with Crippen LogP contribution in [-0.4, -0.2) is 12.1 Å². The maximum absolute atomic E-state index is 6.44. The molecule has 0 aliphatic heterocycles. The average Bonchev–Trinajstić information content (AvgIpc) is 2.69. The number of halogens is 2. The van der Waals surface area contributed by atoms with Crippen LogP contribution >= 0.6 is 23.2 Å². The van der Waals surface area contributed by atoms with Crippen molar-refractivity contribution >= 4 is 23.2 Å². The van der Waals surface area contributed by atoms with E-state index in [1.165, 1.54) is 0 Å². The molecule has 0 saturated carbocycles. The minimum Gasteiger partial charge on any atom is -0.493 e. The fourth-order valence-electron chi connectivity index (χ4n) is 2.61. The maximum atomic E-state index is 6.44. The number of hydrogen-bond donors (Lipinski definition) is 1. The summed E-state index contributed by atoms with van der Waals surface area (Å²) in [5, 5.41) is 4.58. The molecule has 27 heavy (non-hydrogen) atoms. The molecule has 3 rings (SSSR count). The highest BCUT2D eigenvalue weighted by Gasteiger charge is 2.12. The van der Waals surface area contributed by atoms with E-state index in [4.69, 9.17) is 32.7 Å². The second-order valence-electron chi connectivity index (χ2n) is 5.99. The Morgan fingerprint density at radius 3 is 2.44 bits per heavy atom. The SMILES string of the molecule is COc1cc(CNCc2cccnc2)cc(Cl)c1OCc1ccc(Cl)cc1. The lowest BCUT2D eigenvalue weighted by Gasteiger charge is -2.15. The largest absolute Gasteiger partial charge is 0.493 e. The molecule has 0 fully saturated rings. The van der Waals surface area contributed by atoms with Crippen molar-refractivity contribution in [1.29, 1.82) is 0 Å². The first-order valence-electron chi connectivity index (χ1n) is 8.49. The highest BCUT2D eigenvalue weighted by atomic mass is 35.5. The fourth-order valence-corrected chi connectivity index (χ4v) is 3.02. The summed E-state index contributed by atoms with van der Waals surface area (Å²) in [4.78, 5) is 4.11. The lowest BCUT2D eigenvalue weighted by atomic mass is 10.2. The molecule has 6 heteroatoms. The molecule has 0 saturated heterocycles. The third-order valence-electron chi connectivity index (χ3n) is 3.97. The summed E-state index contributed by atoms with van der Waals surface area (Å²) in [6.07, 6.45) is 3.60. The fraction of sp³-hybridized carbons (Fsp3) is 0.190. The van der Waals surface area contributed by atoms with Gasteiger partial charge in [-0.25, -0.2) is 0 Å². The topological polar surface area (TPSA) is 43.4 Å². The van der Waals surface area contributed by atoms with Gasteiger partial charge in [-0.05, 0) is 47.0 Å². The van der Waals surface area contributed by atoms with Gasteiger partial charge in [-0.2, -0.15) is 0 Å². The van der Waals surface area contributed by atoms with Crippen molar-refractivity contribution < 1.29 is 9.47 Å². The van der Waals surface area contributed by atoms with Crippen molar-refractivity contribution in [3.05, 3.63) is 87.7 Å². The van der Waals surface area contributed by atoms with Gasteiger partial charge in [0.1, 0.15) is 6.61 Å². The summed E-state index contributed by atoms with van der Waals surface area (Å²) in [5.74, 6) is 1.14. The Hall–Kier alpha value is -2.27. The molecule has 1 N–H and O–H groups in total. The highest BCUT2D eigenvalue weighted by molar-refractivity contribution is 6.32. The Kier molecular flexibility index (Phi) is 6.93. The molecule has 0 spiro atoms. The van der Waals surface area contributed by atoms with Crippen molar-refractivity contribution in [3.63, 3.8) is 0 Å². The Morgan fingerprint density at radius 1 is 0.963 bits per heavy atom. The standard InChI is InChI=1S/C21H20Cl2N2O2/c1-26-20-10-17(13-25-12-16-3-2-8-24-11-16)9-19(23)21(20)27-14-15-4-6-18(22)7-5-15/h2-11,25H,12-14H2,1H3. The third-order valence-corrected chi connectivity index (χ3v) is 4.50. The summed E-state index contributed by atoms with van der Waals surface area (Å²) in [6.45, 7) is 1.76. The van der Waals surface area contributed by atoms with Crippen molar-refractivity contribution in [2.45, 2.75) is 19.7 Å². The van der Waals surface area contributed by atoms with Gasteiger partial charge in [0, 0.05) is 30.5 Å². The van der Waals surface area contributed by atoms with Crippen LogP contribution < -0.4 is 14.8 Å². The molecular formula is C21H20Cl2N2O2. The Morgan fingerprint density at radius 2 is 1.74 bits per heavy atom. The van der Waals surface area contributed by atoms with Gasteiger partial charge in [0.05, 0.1) is 12.1 Å². The van der Waals surface area contributed by atoms with Gasteiger partial charge in [-0.1, -0.05) is 41.4 Å². The average molecular weight is 403 g/mol. The number of benzene rings is 2. The van der Waals surface area contributed by atoms with E-state index in [1.54, 1.807) is 13.3 Å². The predicted octanol–water partition coefficient (Wildman–Crippen LogP) is 5.27. The number of pyridine rings is 1. The molecule has 0 atom stereocenters. The number of methoxy groups -OCH3 is 1. The number of nitrogens with zero attached hydrogens (tertiary/aromatic N) is 1. The van der Waals surface area contributed by atoms with E-state index in [-0.39, 0.29) is 0 Å². The first kappa shape index (κ1) is 19.5. The van der Waals surface area contributed by atoms with Crippen LogP contribution in [0.2, 0.25) is 10.0 Å². The summed E-state index contributed by atoms with van der Waals surface area (Å²) in [5.41, 5.74) is 3.14. The second-order valence-corrected chi connectivity index (χ2v) is 6.83. The molecule has 0 amide bonds. The molecule has 0 unspecified atom stereocenters. The van der Waals surface area contributed by atoms with E-state index in [0.29, 0.717) is 34.7 Å². The van der Waals surface area contributed by atoms with E-state index >= 15 is 0 Å². The van der Waals surface area contributed by atoms with Gasteiger partial charge in [0.25, 0.3) is 0 Å². The van der Waals surface area contributed by atoms with Crippen LogP contribution in [-0.2, 0) is 19.7 Å². The Bertz CT molecular complexity index is 871. The van der Waals surface area contributed by atoms with Gasteiger partial charge >= 0.3 is 0 Å². The van der Waals surface area contributed by atoms with Crippen LogP contribution in [0.1, 0.15) is 16.7 Å². The molecular weight excluding hydrogens is 383 g/mol. The zero-order chi connectivity index (χ0) is 19.1. The quantitative estimate of drug-likeness (QED) is 0.557. The lowest BCUT2D eigenvalue weighted by molar-refractivity contribution is 0.284. The number of nitrogens with one attached hydrogen (secondary N) is 1. The monoisotopic (exact) mass is 402 g/mol. The van der Waals surface area contributed by atoms with E-state index in [2.05, 4.69) is 10.3 Å². The van der Waals surface area contributed by atoms with Crippen LogP contribution in [0.4, 0.5) is 0 Å². The normalized spacial score (nSPS) is 10.6. The summed E-state index contributed by atoms with van der Waals surface area (Å²) >= 11 is 12.3. The summed E-state index contributed by atoms with van der Waals surface area (Å²) in [6, 6.07) is 15.3. The van der Waals surface area contributed by atoms with Crippen molar-refractivity contribution in [2.24, 2.45) is 0 Å². The van der Waals surface area contributed by atoms with Crippen molar-refractivity contribution in [2.75, 3.05) is 7.11 Å². The number of aromatic nitrogens is 1. The number of hydrogen-bond acceptors (Lipinski definition) is 4. The number of ether oxygens (including phenoxy) is 2. The van der Waals surface area contributed by atoms with Gasteiger partial charge in [-0.3, -0.25) is 4.98 Å². The van der Waals surface area contributed by atoms with E-state index in [1.807, 2.05) is 54.7 Å². The van der Waals surface area contributed by atoms with Gasteiger partial charge in [0.15, 0.2) is 11.5 Å². The van der Waals surface area contributed by atoms with E-state index in [0.717, 1.165) is 23.2 Å². The van der Waals surface area contributed by atoms with Crippen LogP contribution in [0.3, 0.4) is 0 Å². The van der Waals surface area contributed by atoms with E-state index in [9.17, 15) is 0 Å². The second kappa shape index (κ2) is 9.60. The molecule has 140 valence electrons. The molecule has 3 aromatic rings. The Balaban J connectivity index is 1.64. The zero-order valence-electron chi connectivity index (χ0n) is 14.9.